The van der Waals surface area contributed by atoms with E-state index in [0.717, 1.165) is 6.07 Å². The van der Waals surface area contributed by atoms with Gasteiger partial charge in [0.15, 0.2) is 0 Å². The second kappa shape index (κ2) is 5.99. The number of nitrogens with one attached hydrogen (secondary N) is 1. The molecule has 0 amide bonds. The monoisotopic (exact) mass is 390 g/mol. The Morgan fingerprint density at radius 3 is 2.65 bits per heavy atom. The lowest BCUT2D eigenvalue weighted by Gasteiger charge is -2.09. The van der Waals surface area contributed by atoms with Crippen LogP contribution in [0.5, 0.6) is 0 Å². The van der Waals surface area contributed by atoms with Gasteiger partial charge < -0.3 is 4.98 Å². The lowest BCUT2D eigenvalue weighted by atomic mass is 10.1. The van der Waals surface area contributed by atoms with Crippen LogP contribution in [0.2, 0.25) is 0 Å². The molecule has 20 heavy (non-hydrogen) atoms. The molecule has 3 nitrogen and oxygen atoms in total. The van der Waals surface area contributed by atoms with Crippen molar-refractivity contribution in [1.29, 1.82) is 0 Å². The first-order chi connectivity index (χ1) is 9.38. The molecule has 0 atom stereocenters. The van der Waals surface area contributed by atoms with Crippen molar-refractivity contribution in [3.05, 3.63) is 60.8 Å². The molecule has 106 valence electrons. The number of hydrogen-bond acceptors (Lipinski definition) is 2. The largest absolute Gasteiger partial charge is 0.309 e. The zero-order valence-electron chi connectivity index (χ0n) is 11.0. The number of aromatic amines is 1. The van der Waals surface area contributed by atoms with Crippen LogP contribution in [-0.4, -0.2) is 9.97 Å². The minimum absolute atomic E-state index is 0.0982. The van der Waals surface area contributed by atoms with Gasteiger partial charge in [-0.25, -0.2) is 13.8 Å². The fourth-order valence-corrected chi connectivity index (χ4v) is 2.71. The lowest BCUT2D eigenvalue weighted by molar-refractivity contribution is 0.573. The van der Waals surface area contributed by atoms with Gasteiger partial charge in [-0.05, 0) is 40.1 Å². The number of rotatable bonds is 3. The fraction of sp³-hybridized carbons (Fsp3) is 0.286. The SMILES string of the molecule is CC(C)c1nc(Cc2ccc(F)cc2F)[nH]c(=O)c1I. The summed E-state index contributed by atoms with van der Waals surface area (Å²) in [7, 11) is 0. The molecule has 2 aromatic rings. The molecule has 0 fully saturated rings. The summed E-state index contributed by atoms with van der Waals surface area (Å²) < 4.78 is 27.0. The van der Waals surface area contributed by atoms with E-state index in [1.54, 1.807) is 0 Å². The van der Waals surface area contributed by atoms with E-state index in [4.69, 9.17) is 0 Å². The van der Waals surface area contributed by atoms with E-state index in [1.165, 1.54) is 12.1 Å². The van der Waals surface area contributed by atoms with Gasteiger partial charge in [0.25, 0.3) is 5.56 Å². The summed E-state index contributed by atoms with van der Waals surface area (Å²) in [6, 6.07) is 3.37. The third-order valence-electron chi connectivity index (χ3n) is 2.86. The zero-order chi connectivity index (χ0) is 14.9. The summed E-state index contributed by atoms with van der Waals surface area (Å²) in [5, 5.41) is 0. The number of aromatic nitrogens is 2. The van der Waals surface area contributed by atoms with Crippen LogP contribution in [0.25, 0.3) is 0 Å². The average molecular weight is 390 g/mol. The summed E-state index contributed by atoms with van der Waals surface area (Å²) in [5.41, 5.74) is 0.749. The Labute approximate surface area is 128 Å². The highest BCUT2D eigenvalue weighted by atomic mass is 127. The Kier molecular flexibility index (Phi) is 4.52. The minimum Gasteiger partial charge on any atom is -0.309 e. The zero-order valence-corrected chi connectivity index (χ0v) is 13.2. The third-order valence-corrected chi connectivity index (χ3v) is 3.90. The van der Waals surface area contributed by atoms with Crippen molar-refractivity contribution < 1.29 is 8.78 Å². The standard InChI is InChI=1S/C14H13F2IN2O/c1-7(2)13-12(17)14(20)19-11(18-13)5-8-3-4-9(15)6-10(8)16/h3-4,6-7H,5H2,1-2H3,(H,18,19,20). The van der Waals surface area contributed by atoms with Gasteiger partial charge in [0.1, 0.15) is 17.5 Å². The Balaban J connectivity index is 2.41. The summed E-state index contributed by atoms with van der Waals surface area (Å²) in [5.74, 6) is -0.791. The van der Waals surface area contributed by atoms with Crippen LogP contribution in [0.15, 0.2) is 23.0 Å². The highest BCUT2D eigenvalue weighted by Crippen LogP contribution is 2.17. The highest BCUT2D eigenvalue weighted by molar-refractivity contribution is 14.1. The number of benzene rings is 1. The highest BCUT2D eigenvalue weighted by Gasteiger charge is 2.13. The minimum atomic E-state index is -0.641. The van der Waals surface area contributed by atoms with E-state index in [1.807, 2.05) is 36.4 Å². The summed E-state index contributed by atoms with van der Waals surface area (Å²) >= 11 is 1.95. The van der Waals surface area contributed by atoms with Gasteiger partial charge in [-0.2, -0.15) is 0 Å². The molecule has 0 saturated heterocycles. The Bertz CT molecular complexity index is 698. The first kappa shape index (κ1) is 15.1. The molecule has 1 aromatic carbocycles. The molecule has 0 aliphatic rings. The van der Waals surface area contributed by atoms with Crippen LogP contribution in [0.1, 0.15) is 36.8 Å². The van der Waals surface area contributed by atoms with Crippen LogP contribution < -0.4 is 5.56 Å². The smallest absolute Gasteiger partial charge is 0.264 e. The van der Waals surface area contributed by atoms with Gasteiger partial charge in [-0.15, -0.1) is 0 Å². The number of hydrogen-bond donors (Lipinski definition) is 1. The molecule has 0 bridgehead atoms. The first-order valence-corrected chi connectivity index (χ1v) is 7.19. The molecule has 0 spiro atoms. The Hall–Kier alpha value is -1.31. The van der Waals surface area contributed by atoms with E-state index < -0.39 is 11.6 Å². The topological polar surface area (TPSA) is 45.8 Å². The number of nitrogens with zero attached hydrogens (tertiary/aromatic N) is 1. The molecule has 0 saturated carbocycles. The molecule has 1 aromatic heterocycles. The molecule has 0 aliphatic heterocycles. The van der Waals surface area contributed by atoms with Crippen molar-refractivity contribution in [2.24, 2.45) is 0 Å². The molecular weight excluding hydrogens is 377 g/mol. The van der Waals surface area contributed by atoms with Gasteiger partial charge in [-0.3, -0.25) is 4.79 Å². The normalized spacial score (nSPS) is 11.1. The fourth-order valence-electron chi connectivity index (χ4n) is 1.84. The predicted molar refractivity (Wildman–Crippen MR) is 80.8 cm³/mol. The molecule has 1 heterocycles. The van der Waals surface area contributed by atoms with Crippen molar-refractivity contribution in [3.8, 4) is 0 Å². The maximum atomic E-state index is 13.6. The molecular formula is C14H13F2IN2O. The van der Waals surface area contributed by atoms with Crippen molar-refractivity contribution in [2.75, 3.05) is 0 Å². The summed E-state index contributed by atoms with van der Waals surface area (Å²) in [6.45, 7) is 3.87. The maximum absolute atomic E-state index is 13.6. The van der Waals surface area contributed by atoms with Crippen LogP contribution in [0, 0.1) is 15.2 Å². The second-order valence-electron chi connectivity index (χ2n) is 4.78. The van der Waals surface area contributed by atoms with Crippen LogP contribution in [0.4, 0.5) is 8.78 Å². The van der Waals surface area contributed by atoms with Gasteiger partial charge in [-0.1, -0.05) is 19.9 Å². The second-order valence-corrected chi connectivity index (χ2v) is 5.86. The van der Waals surface area contributed by atoms with E-state index in [-0.39, 0.29) is 17.9 Å². The Morgan fingerprint density at radius 2 is 2.05 bits per heavy atom. The molecule has 2 rings (SSSR count). The number of H-pyrrole nitrogens is 1. The van der Waals surface area contributed by atoms with Crippen molar-refractivity contribution in [1.82, 2.24) is 9.97 Å². The van der Waals surface area contributed by atoms with Gasteiger partial charge in [0.05, 0.1) is 9.26 Å². The van der Waals surface area contributed by atoms with Gasteiger partial charge >= 0.3 is 0 Å². The van der Waals surface area contributed by atoms with Crippen LogP contribution in [0.3, 0.4) is 0 Å². The number of halogens is 3. The Morgan fingerprint density at radius 1 is 1.35 bits per heavy atom. The van der Waals surface area contributed by atoms with Crippen LogP contribution >= 0.6 is 22.6 Å². The molecule has 0 radical (unpaired) electrons. The average Bonchev–Trinajstić information content (AvgIpc) is 2.36. The molecule has 1 N–H and O–H groups in total. The van der Waals surface area contributed by atoms with Crippen molar-refractivity contribution in [2.45, 2.75) is 26.2 Å². The first-order valence-electron chi connectivity index (χ1n) is 6.11. The van der Waals surface area contributed by atoms with E-state index >= 15 is 0 Å². The summed E-state index contributed by atoms with van der Waals surface area (Å²) in [6.07, 6.45) is 0.123. The third kappa shape index (κ3) is 3.23. The molecule has 0 aliphatic carbocycles. The van der Waals surface area contributed by atoms with Crippen molar-refractivity contribution in [3.63, 3.8) is 0 Å². The lowest BCUT2D eigenvalue weighted by Crippen LogP contribution is -2.19. The van der Waals surface area contributed by atoms with Gasteiger partial charge in [0.2, 0.25) is 0 Å². The predicted octanol–water partition coefficient (Wildman–Crippen LogP) is 3.37. The van der Waals surface area contributed by atoms with E-state index in [0.29, 0.717) is 20.7 Å². The molecule has 0 unspecified atom stereocenters. The van der Waals surface area contributed by atoms with E-state index in [9.17, 15) is 13.6 Å². The maximum Gasteiger partial charge on any atom is 0.264 e. The van der Waals surface area contributed by atoms with Gasteiger partial charge in [0, 0.05) is 12.5 Å². The van der Waals surface area contributed by atoms with Crippen LogP contribution in [-0.2, 0) is 6.42 Å². The quantitative estimate of drug-likeness (QED) is 0.818. The summed E-state index contributed by atoms with van der Waals surface area (Å²) in [4.78, 5) is 18.8. The van der Waals surface area contributed by atoms with Crippen molar-refractivity contribution >= 4 is 22.6 Å². The molecule has 6 heteroatoms. The van der Waals surface area contributed by atoms with E-state index in [2.05, 4.69) is 9.97 Å².